The number of likely N-dealkylation sites (tertiary alicyclic amines) is 1. The number of aliphatic carboxylic acids is 1. The molecule has 2 heterocycles. The molecule has 1 N–H and O–H groups in total. The summed E-state index contributed by atoms with van der Waals surface area (Å²) in [6.07, 6.45) is 1.16. The second-order valence-electron chi connectivity index (χ2n) is 5.20. The molecular weight excluding hydrogens is 290 g/mol. The standard InChI is InChI=1S/C15H17NO6/c1-20-11-7-9(8-12-13(11)22-6-5-21-12)14(17)16-4-2-3-10(16)15(18)19/h7-8,10H,2-6H2,1H3,(H,18,19)/t10-/m0/s1. The van der Waals surface area contributed by atoms with Crippen LogP contribution in [0.15, 0.2) is 12.1 Å². The molecule has 0 bridgehead atoms. The summed E-state index contributed by atoms with van der Waals surface area (Å²) in [5.41, 5.74) is 0.342. The van der Waals surface area contributed by atoms with Crippen LogP contribution in [0.4, 0.5) is 0 Å². The van der Waals surface area contributed by atoms with Crippen molar-refractivity contribution < 1.29 is 28.9 Å². The molecule has 1 aromatic carbocycles. The van der Waals surface area contributed by atoms with Crippen LogP contribution in [0.2, 0.25) is 0 Å². The molecule has 1 amide bonds. The third kappa shape index (κ3) is 2.43. The van der Waals surface area contributed by atoms with Crippen LogP contribution in [0.1, 0.15) is 23.2 Å². The van der Waals surface area contributed by atoms with Crippen LogP contribution in [-0.4, -0.2) is 54.8 Å². The van der Waals surface area contributed by atoms with Crippen LogP contribution in [-0.2, 0) is 4.79 Å². The summed E-state index contributed by atoms with van der Waals surface area (Å²) < 4.78 is 16.2. The molecule has 7 nitrogen and oxygen atoms in total. The van der Waals surface area contributed by atoms with Crippen LogP contribution in [0.3, 0.4) is 0 Å². The van der Waals surface area contributed by atoms with E-state index in [0.29, 0.717) is 55.4 Å². The van der Waals surface area contributed by atoms with Crippen molar-refractivity contribution in [2.24, 2.45) is 0 Å². The average molecular weight is 307 g/mol. The highest BCUT2D eigenvalue weighted by Gasteiger charge is 2.35. The van der Waals surface area contributed by atoms with Crippen molar-refractivity contribution in [3.63, 3.8) is 0 Å². The van der Waals surface area contributed by atoms with E-state index in [4.69, 9.17) is 14.2 Å². The normalized spacial score (nSPS) is 19.9. The molecule has 0 unspecified atom stereocenters. The first-order chi connectivity index (χ1) is 10.6. The minimum Gasteiger partial charge on any atom is -0.493 e. The van der Waals surface area contributed by atoms with Gasteiger partial charge in [0.15, 0.2) is 11.5 Å². The lowest BCUT2D eigenvalue weighted by atomic mass is 10.1. The lowest BCUT2D eigenvalue weighted by molar-refractivity contribution is -0.141. The zero-order valence-electron chi connectivity index (χ0n) is 12.2. The molecule has 1 atom stereocenters. The van der Waals surface area contributed by atoms with E-state index >= 15 is 0 Å². The van der Waals surface area contributed by atoms with Crippen molar-refractivity contribution in [2.45, 2.75) is 18.9 Å². The van der Waals surface area contributed by atoms with E-state index in [1.165, 1.54) is 12.0 Å². The monoisotopic (exact) mass is 307 g/mol. The van der Waals surface area contributed by atoms with Gasteiger partial charge in [-0.25, -0.2) is 4.79 Å². The van der Waals surface area contributed by atoms with Crippen LogP contribution in [0.5, 0.6) is 17.2 Å². The molecule has 0 radical (unpaired) electrons. The quantitative estimate of drug-likeness (QED) is 0.902. The van der Waals surface area contributed by atoms with Gasteiger partial charge in [-0.1, -0.05) is 0 Å². The Morgan fingerprint density at radius 3 is 2.82 bits per heavy atom. The third-order valence-corrected chi connectivity index (χ3v) is 3.87. The predicted molar refractivity (Wildman–Crippen MR) is 75.7 cm³/mol. The number of fused-ring (bicyclic) bond motifs is 1. The molecule has 7 heteroatoms. The fourth-order valence-corrected chi connectivity index (χ4v) is 2.83. The number of carbonyl (C=O) groups excluding carboxylic acids is 1. The summed E-state index contributed by atoms with van der Waals surface area (Å²) in [4.78, 5) is 25.2. The zero-order chi connectivity index (χ0) is 15.7. The van der Waals surface area contributed by atoms with E-state index in [1.807, 2.05) is 0 Å². The van der Waals surface area contributed by atoms with Crippen molar-refractivity contribution in [2.75, 3.05) is 26.9 Å². The molecule has 2 aliphatic rings. The van der Waals surface area contributed by atoms with Crippen molar-refractivity contribution in [3.8, 4) is 17.2 Å². The molecule has 1 fully saturated rings. The minimum atomic E-state index is -0.977. The van der Waals surface area contributed by atoms with Gasteiger partial charge in [0.1, 0.15) is 19.3 Å². The SMILES string of the molecule is COc1cc(C(=O)N2CCC[C@H]2C(=O)O)cc2c1OCCO2. The first-order valence-corrected chi connectivity index (χ1v) is 7.13. The average Bonchev–Trinajstić information content (AvgIpc) is 3.02. The molecule has 3 rings (SSSR count). The van der Waals surface area contributed by atoms with Gasteiger partial charge in [0.2, 0.25) is 5.75 Å². The first-order valence-electron chi connectivity index (χ1n) is 7.13. The van der Waals surface area contributed by atoms with Crippen LogP contribution < -0.4 is 14.2 Å². The molecule has 0 saturated carbocycles. The highest BCUT2D eigenvalue weighted by Crippen LogP contribution is 2.40. The Kier molecular flexibility index (Phi) is 3.79. The first kappa shape index (κ1) is 14.5. The second-order valence-corrected chi connectivity index (χ2v) is 5.20. The summed E-state index contributed by atoms with van der Waals surface area (Å²) in [6, 6.07) is 2.37. The van der Waals surface area contributed by atoms with Gasteiger partial charge >= 0.3 is 5.97 Å². The number of hydrogen-bond donors (Lipinski definition) is 1. The van der Waals surface area contributed by atoms with E-state index in [1.54, 1.807) is 12.1 Å². The smallest absolute Gasteiger partial charge is 0.326 e. The number of benzene rings is 1. The summed E-state index contributed by atoms with van der Waals surface area (Å²) in [5.74, 6) is 0.0173. The number of ether oxygens (including phenoxy) is 3. The maximum Gasteiger partial charge on any atom is 0.326 e. The van der Waals surface area contributed by atoms with Crippen molar-refractivity contribution in [3.05, 3.63) is 17.7 Å². The van der Waals surface area contributed by atoms with Crippen LogP contribution in [0.25, 0.3) is 0 Å². The van der Waals surface area contributed by atoms with Gasteiger partial charge in [0, 0.05) is 12.1 Å². The highest BCUT2D eigenvalue weighted by molar-refractivity contribution is 5.98. The zero-order valence-corrected chi connectivity index (χ0v) is 12.2. The van der Waals surface area contributed by atoms with Crippen LogP contribution in [0, 0.1) is 0 Å². The number of methoxy groups -OCH3 is 1. The van der Waals surface area contributed by atoms with Gasteiger partial charge in [0.05, 0.1) is 7.11 Å². The van der Waals surface area contributed by atoms with Crippen molar-refractivity contribution in [1.29, 1.82) is 0 Å². The highest BCUT2D eigenvalue weighted by atomic mass is 16.6. The number of carboxylic acids is 1. The van der Waals surface area contributed by atoms with Gasteiger partial charge in [-0.15, -0.1) is 0 Å². The van der Waals surface area contributed by atoms with E-state index in [0.717, 1.165) is 0 Å². The van der Waals surface area contributed by atoms with Gasteiger partial charge in [0.25, 0.3) is 5.91 Å². The Morgan fingerprint density at radius 2 is 2.09 bits per heavy atom. The molecule has 2 aliphatic heterocycles. The molecule has 22 heavy (non-hydrogen) atoms. The maximum absolute atomic E-state index is 12.6. The van der Waals surface area contributed by atoms with E-state index < -0.39 is 12.0 Å². The lowest BCUT2D eigenvalue weighted by Gasteiger charge is -2.24. The molecule has 0 spiro atoms. The Bertz CT molecular complexity index is 597. The molecule has 118 valence electrons. The fourth-order valence-electron chi connectivity index (χ4n) is 2.83. The number of carbonyl (C=O) groups is 2. The van der Waals surface area contributed by atoms with E-state index in [-0.39, 0.29) is 5.91 Å². The minimum absolute atomic E-state index is 0.333. The second kappa shape index (κ2) is 5.75. The summed E-state index contributed by atoms with van der Waals surface area (Å²) >= 11 is 0. The molecule has 1 aromatic rings. The summed E-state index contributed by atoms with van der Waals surface area (Å²) in [5, 5.41) is 9.21. The van der Waals surface area contributed by atoms with Gasteiger partial charge in [-0.2, -0.15) is 0 Å². The Balaban J connectivity index is 1.94. The number of hydrogen-bond acceptors (Lipinski definition) is 5. The number of nitrogens with zero attached hydrogens (tertiary/aromatic N) is 1. The van der Waals surface area contributed by atoms with E-state index in [2.05, 4.69) is 0 Å². The Labute approximate surface area is 127 Å². The van der Waals surface area contributed by atoms with Crippen LogP contribution >= 0.6 is 0 Å². The van der Waals surface area contributed by atoms with Gasteiger partial charge < -0.3 is 24.2 Å². The molecule has 0 aromatic heterocycles. The Morgan fingerprint density at radius 1 is 1.32 bits per heavy atom. The van der Waals surface area contributed by atoms with Crippen molar-refractivity contribution >= 4 is 11.9 Å². The fraction of sp³-hybridized carbons (Fsp3) is 0.467. The van der Waals surface area contributed by atoms with Gasteiger partial charge in [-0.3, -0.25) is 4.79 Å². The predicted octanol–water partition coefficient (Wildman–Crippen LogP) is 1.16. The topological polar surface area (TPSA) is 85.3 Å². The summed E-state index contributed by atoms with van der Waals surface area (Å²) in [6.45, 7) is 1.26. The van der Waals surface area contributed by atoms with Crippen molar-refractivity contribution in [1.82, 2.24) is 4.90 Å². The third-order valence-electron chi connectivity index (χ3n) is 3.87. The summed E-state index contributed by atoms with van der Waals surface area (Å²) in [7, 11) is 1.48. The molecule has 0 aliphatic carbocycles. The molecule has 1 saturated heterocycles. The lowest BCUT2D eigenvalue weighted by Crippen LogP contribution is -2.40. The van der Waals surface area contributed by atoms with Gasteiger partial charge in [-0.05, 0) is 25.0 Å². The molecular formula is C15H17NO6. The largest absolute Gasteiger partial charge is 0.493 e. The number of carboxylic acid groups (broad SMARTS) is 1. The number of rotatable bonds is 3. The Hall–Kier alpha value is -2.44. The number of amides is 1. The van der Waals surface area contributed by atoms with E-state index in [9.17, 15) is 14.7 Å². The maximum atomic E-state index is 12.6.